The van der Waals surface area contributed by atoms with Gasteiger partial charge in [-0.15, -0.1) is 0 Å². The largest absolute Gasteiger partial charge is 0.418 e. The number of rotatable bonds is 5. The van der Waals surface area contributed by atoms with Crippen molar-refractivity contribution < 1.29 is 30.9 Å². The Labute approximate surface area is 86.2 Å². The second kappa shape index (κ2) is 4.67. The van der Waals surface area contributed by atoms with Crippen LogP contribution in [-0.4, -0.2) is 37.1 Å². The Balaban J connectivity index is 4.87. The van der Waals surface area contributed by atoms with Crippen LogP contribution < -0.4 is 0 Å². The third-order valence-electron chi connectivity index (χ3n) is 1.68. The lowest BCUT2D eigenvalue weighted by Crippen LogP contribution is -2.50. The van der Waals surface area contributed by atoms with E-state index in [0.29, 0.717) is 13.3 Å². The van der Waals surface area contributed by atoms with Crippen molar-refractivity contribution in [3.63, 3.8) is 0 Å². The molecule has 0 saturated carbocycles. The van der Waals surface area contributed by atoms with Gasteiger partial charge in [-0.25, -0.2) is 0 Å². The van der Waals surface area contributed by atoms with Crippen LogP contribution in [0.1, 0.15) is 20.3 Å². The Morgan fingerprint density at radius 3 is 2.07 bits per heavy atom. The summed E-state index contributed by atoms with van der Waals surface area (Å²) in [5, 5.41) is 0. The number of hydrogen-bond donors (Lipinski definition) is 1. The maximum absolute atomic E-state index is 12.5. The molecule has 0 saturated heterocycles. The van der Waals surface area contributed by atoms with Crippen molar-refractivity contribution in [3.05, 3.63) is 0 Å². The zero-order chi connectivity index (χ0) is 12.3. The third-order valence-corrected chi connectivity index (χ3v) is 2.60. The summed E-state index contributed by atoms with van der Waals surface area (Å²) in [6.07, 6.45) is -4.53. The highest BCUT2D eigenvalue weighted by Gasteiger charge is 2.54. The van der Waals surface area contributed by atoms with E-state index in [2.05, 4.69) is 4.74 Å². The summed E-state index contributed by atoms with van der Waals surface area (Å²) in [7, 11) is -4.74. The Bertz CT molecular complexity index is 298. The van der Waals surface area contributed by atoms with Gasteiger partial charge in [0.25, 0.3) is 10.1 Å². The quantitative estimate of drug-likeness (QED) is 0.753. The molecule has 0 aromatic heterocycles. The Morgan fingerprint density at radius 1 is 1.33 bits per heavy atom. The van der Waals surface area contributed by atoms with E-state index in [4.69, 9.17) is 4.55 Å². The minimum Gasteiger partial charge on any atom is -0.365 e. The van der Waals surface area contributed by atoms with Crippen LogP contribution in [0.5, 0.6) is 0 Å². The predicted octanol–water partition coefficient (Wildman–Crippen LogP) is 1.62. The maximum atomic E-state index is 12.5. The lowest BCUT2D eigenvalue weighted by molar-refractivity contribution is -0.262. The molecule has 0 radical (unpaired) electrons. The first-order chi connectivity index (χ1) is 6.52. The molecule has 1 unspecified atom stereocenters. The van der Waals surface area contributed by atoms with E-state index in [9.17, 15) is 21.6 Å². The SMILES string of the molecule is CCCOC(C)(CS(=O)(=O)O)C(F)(F)F. The van der Waals surface area contributed by atoms with Crippen LogP contribution in [0.3, 0.4) is 0 Å². The fraction of sp³-hybridized carbons (Fsp3) is 1.00. The first-order valence-electron chi connectivity index (χ1n) is 4.17. The van der Waals surface area contributed by atoms with Crippen molar-refractivity contribution in [1.82, 2.24) is 0 Å². The zero-order valence-electron chi connectivity index (χ0n) is 8.34. The molecule has 1 N–H and O–H groups in total. The standard InChI is InChI=1S/C7H13F3O4S/c1-3-4-14-6(2,7(8,9)10)5-15(11,12)13/h3-5H2,1-2H3,(H,11,12,13). The van der Waals surface area contributed by atoms with Crippen LogP contribution in [0.25, 0.3) is 0 Å². The summed E-state index contributed by atoms with van der Waals surface area (Å²) in [5.41, 5.74) is -2.86. The van der Waals surface area contributed by atoms with Crippen LogP contribution in [0.2, 0.25) is 0 Å². The summed E-state index contributed by atoms with van der Waals surface area (Å²) in [6, 6.07) is 0. The normalized spacial score (nSPS) is 17.5. The molecule has 0 fully saturated rings. The van der Waals surface area contributed by atoms with Crippen LogP contribution in [0.15, 0.2) is 0 Å². The van der Waals surface area contributed by atoms with Gasteiger partial charge in [0, 0.05) is 6.61 Å². The predicted molar refractivity (Wildman–Crippen MR) is 47.1 cm³/mol. The molecule has 1 atom stereocenters. The summed E-state index contributed by atoms with van der Waals surface area (Å²) < 4.78 is 71.1. The van der Waals surface area contributed by atoms with E-state index in [-0.39, 0.29) is 6.61 Å². The Hall–Kier alpha value is -0.340. The minimum atomic E-state index is -4.85. The molecule has 0 spiro atoms. The average Bonchev–Trinajstić information content (AvgIpc) is 1.95. The number of ether oxygens (including phenoxy) is 1. The molecule has 0 aliphatic carbocycles. The van der Waals surface area contributed by atoms with Crippen molar-refractivity contribution in [2.45, 2.75) is 32.0 Å². The fourth-order valence-corrected chi connectivity index (χ4v) is 1.82. The number of alkyl halides is 3. The molecular formula is C7H13F3O4S. The molecule has 0 heterocycles. The Morgan fingerprint density at radius 2 is 1.80 bits per heavy atom. The molecule has 0 bridgehead atoms. The van der Waals surface area contributed by atoms with Crippen LogP contribution in [-0.2, 0) is 14.9 Å². The molecule has 8 heteroatoms. The first-order valence-corrected chi connectivity index (χ1v) is 5.78. The number of hydrogen-bond acceptors (Lipinski definition) is 3. The lowest BCUT2D eigenvalue weighted by atomic mass is 10.1. The molecule has 0 amide bonds. The molecule has 0 aliphatic rings. The van der Waals surface area contributed by atoms with Gasteiger partial charge in [0.15, 0.2) is 5.60 Å². The van der Waals surface area contributed by atoms with Gasteiger partial charge in [-0.1, -0.05) is 6.92 Å². The minimum absolute atomic E-state index is 0.231. The molecule has 92 valence electrons. The topological polar surface area (TPSA) is 63.6 Å². The van der Waals surface area contributed by atoms with E-state index in [0.717, 1.165) is 0 Å². The summed E-state index contributed by atoms with van der Waals surface area (Å²) in [4.78, 5) is 0. The van der Waals surface area contributed by atoms with Gasteiger partial charge < -0.3 is 4.74 Å². The van der Waals surface area contributed by atoms with Gasteiger partial charge in [0.2, 0.25) is 0 Å². The van der Waals surface area contributed by atoms with E-state index in [1.54, 1.807) is 6.92 Å². The van der Waals surface area contributed by atoms with Gasteiger partial charge in [-0.2, -0.15) is 21.6 Å². The van der Waals surface area contributed by atoms with E-state index >= 15 is 0 Å². The lowest BCUT2D eigenvalue weighted by Gasteiger charge is -2.30. The van der Waals surface area contributed by atoms with Gasteiger partial charge in [-0.05, 0) is 13.3 Å². The smallest absolute Gasteiger partial charge is 0.365 e. The van der Waals surface area contributed by atoms with Crippen LogP contribution in [0, 0.1) is 0 Å². The molecule has 0 aromatic carbocycles. The highest BCUT2D eigenvalue weighted by Crippen LogP contribution is 2.34. The molecule has 0 aromatic rings. The second-order valence-corrected chi connectivity index (χ2v) is 4.76. The van der Waals surface area contributed by atoms with Crippen molar-refractivity contribution in [1.29, 1.82) is 0 Å². The number of halogens is 3. The summed E-state index contributed by atoms with van der Waals surface area (Å²) in [5.74, 6) is -1.50. The van der Waals surface area contributed by atoms with Gasteiger partial charge in [0.05, 0.1) is 0 Å². The Kier molecular flexibility index (Phi) is 4.56. The van der Waals surface area contributed by atoms with Crippen LogP contribution >= 0.6 is 0 Å². The van der Waals surface area contributed by atoms with Crippen molar-refractivity contribution in [2.75, 3.05) is 12.4 Å². The van der Waals surface area contributed by atoms with Crippen LogP contribution in [0.4, 0.5) is 13.2 Å². The van der Waals surface area contributed by atoms with E-state index < -0.39 is 27.6 Å². The molecule has 0 aliphatic heterocycles. The van der Waals surface area contributed by atoms with Crippen molar-refractivity contribution in [2.24, 2.45) is 0 Å². The van der Waals surface area contributed by atoms with E-state index in [1.165, 1.54) is 0 Å². The molecule has 4 nitrogen and oxygen atoms in total. The fourth-order valence-electron chi connectivity index (χ4n) is 0.881. The molecule has 15 heavy (non-hydrogen) atoms. The molecular weight excluding hydrogens is 237 g/mol. The summed E-state index contributed by atoms with van der Waals surface area (Å²) >= 11 is 0. The van der Waals surface area contributed by atoms with Gasteiger partial charge in [-0.3, -0.25) is 4.55 Å². The summed E-state index contributed by atoms with van der Waals surface area (Å²) in [6.45, 7) is 1.95. The third kappa shape index (κ3) is 4.80. The van der Waals surface area contributed by atoms with Gasteiger partial charge in [0.1, 0.15) is 5.75 Å². The average molecular weight is 250 g/mol. The molecule has 0 rings (SSSR count). The highest BCUT2D eigenvalue weighted by molar-refractivity contribution is 7.85. The van der Waals surface area contributed by atoms with Gasteiger partial charge >= 0.3 is 6.18 Å². The van der Waals surface area contributed by atoms with Crippen molar-refractivity contribution >= 4 is 10.1 Å². The van der Waals surface area contributed by atoms with E-state index in [1.807, 2.05) is 0 Å². The first kappa shape index (κ1) is 14.7. The monoisotopic (exact) mass is 250 g/mol. The highest BCUT2D eigenvalue weighted by atomic mass is 32.2. The second-order valence-electron chi connectivity index (χ2n) is 3.30. The maximum Gasteiger partial charge on any atom is 0.418 e. The van der Waals surface area contributed by atoms with Crippen molar-refractivity contribution in [3.8, 4) is 0 Å². The zero-order valence-corrected chi connectivity index (χ0v) is 9.15.